The van der Waals surface area contributed by atoms with Gasteiger partial charge in [0.15, 0.2) is 0 Å². The summed E-state index contributed by atoms with van der Waals surface area (Å²) in [5.74, 6) is 0.410. The molecule has 2 aromatic rings. The fourth-order valence-corrected chi connectivity index (χ4v) is 2.22. The lowest BCUT2D eigenvalue weighted by molar-refractivity contribution is 0.201. The Morgan fingerprint density at radius 3 is 2.40 bits per heavy atom. The van der Waals surface area contributed by atoms with Crippen molar-refractivity contribution in [3.05, 3.63) is 48.5 Å². The maximum atomic E-state index is 9.39. The van der Waals surface area contributed by atoms with Crippen LogP contribution in [0.15, 0.2) is 43.0 Å². The summed E-state index contributed by atoms with van der Waals surface area (Å²) >= 11 is 0. The van der Waals surface area contributed by atoms with Crippen molar-refractivity contribution in [3.8, 4) is 5.69 Å². The highest BCUT2D eigenvalue weighted by molar-refractivity contribution is 5.35. The molecule has 0 amide bonds. The monoisotopic (exact) mass is 273 g/mol. The smallest absolute Gasteiger partial charge is 0.0991 e. The van der Waals surface area contributed by atoms with Crippen molar-refractivity contribution < 1.29 is 5.11 Å². The standard InChI is InChI=1S/C16H23N3O/c1-12(2)16(10-20)18-13(3)14-4-6-15(7-5-14)19-9-8-17-11-19/h4-9,11-13,16,18,20H,10H2,1-3H3. The van der Waals surface area contributed by atoms with Crippen LogP contribution >= 0.6 is 0 Å². The van der Waals surface area contributed by atoms with Gasteiger partial charge in [0.25, 0.3) is 0 Å². The highest BCUT2D eigenvalue weighted by atomic mass is 16.3. The Morgan fingerprint density at radius 1 is 1.20 bits per heavy atom. The van der Waals surface area contributed by atoms with Crippen LogP contribution in [-0.4, -0.2) is 27.3 Å². The Balaban J connectivity index is 2.06. The molecule has 1 aromatic carbocycles. The molecule has 0 spiro atoms. The number of nitrogens with one attached hydrogen (secondary N) is 1. The highest BCUT2D eigenvalue weighted by Gasteiger charge is 2.15. The van der Waals surface area contributed by atoms with Crippen molar-refractivity contribution in [2.75, 3.05) is 6.61 Å². The molecule has 0 saturated carbocycles. The molecule has 4 nitrogen and oxygen atoms in total. The van der Waals surface area contributed by atoms with E-state index in [1.54, 1.807) is 12.5 Å². The van der Waals surface area contributed by atoms with E-state index in [1.165, 1.54) is 5.56 Å². The van der Waals surface area contributed by atoms with E-state index in [1.807, 2.05) is 10.8 Å². The van der Waals surface area contributed by atoms with Gasteiger partial charge < -0.3 is 15.0 Å². The molecular formula is C16H23N3O. The molecule has 2 unspecified atom stereocenters. The summed E-state index contributed by atoms with van der Waals surface area (Å²) in [5.41, 5.74) is 2.31. The van der Waals surface area contributed by atoms with Crippen molar-refractivity contribution >= 4 is 0 Å². The van der Waals surface area contributed by atoms with Crippen molar-refractivity contribution in [2.45, 2.75) is 32.9 Å². The van der Waals surface area contributed by atoms with Crippen molar-refractivity contribution in [2.24, 2.45) is 5.92 Å². The van der Waals surface area contributed by atoms with Gasteiger partial charge in [0, 0.05) is 30.2 Å². The fourth-order valence-electron chi connectivity index (χ4n) is 2.22. The number of rotatable bonds is 6. The average molecular weight is 273 g/mol. The van der Waals surface area contributed by atoms with Gasteiger partial charge in [0.05, 0.1) is 12.9 Å². The number of imidazole rings is 1. The topological polar surface area (TPSA) is 50.1 Å². The minimum atomic E-state index is 0.123. The molecule has 0 aliphatic heterocycles. The lowest BCUT2D eigenvalue weighted by atomic mass is 10.0. The second-order valence-corrected chi connectivity index (χ2v) is 5.48. The van der Waals surface area contributed by atoms with Crippen LogP contribution in [0.4, 0.5) is 0 Å². The SMILES string of the molecule is CC(NC(CO)C(C)C)c1ccc(-n2ccnc2)cc1. The molecule has 0 bridgehead atoms. The third-order valence-electron chi connectivity index (χ3n) is 3.66. The van der Waals surface area contributed by atoms with Crippen molar-refractivity contribution in [3.63, 3.8) is 0 Å². The van der Waals surface area contributed by atoms with Gasteiger partial charge in [0.2, 0.25) is 0 Å². The van der Waals surface area contributed by atoms with Crippen molar-refractivity contribution in [1.82, 2.24) is 14.9 Å². The normalized spacial score (nSPS) is 14.4. The van der Waals surface area contributed by atoms with Gasteiger partial charge in [-0.15, -0.1) is 0 Å². The summed E-state index contributed by atoms with van der Waals surface area (Å²) < 4.78 is 1.98. The minimum Gasteiger partial charge on any atom is -0.395 e. The lowest BCUT2D eigenvalue weighted by Crippen LogP contribution is -2.38. The number of nitrogens with zero attached hydrogens (tertiary/aromatic N) is 2. The molecule has 20 heavy (non-hydrogen) atoms. The molecule has 4 heteroatoms. The first-order valence-electron chi connectivity index (χ1n) is 7.07. The van der Waals surface area contributed by atoms with Crippen LogP contribution < -0.4 is 5.32 Å². The van der Waals surface area contributed by atoms with Crippen LogP contribution in [0.2, 0.25) is 0 Å². The van der Waals surface area contributed by atoms with E-state index in [2.05, 4.69) is 55.3 Å². The van der Waals surface area contributed by atoms with Crippen LogP contribution in [0.1, 0.15) is 32.4 Å². The van der Waals surface area contributed by atoms with E-state index < -0.39 is 0 Å². The highest BCUT2D eigenvalue weighted by Crippen LogP contribution is 2.17. The molecule has 0 radical (unpaired) electrons. The van der Waals surface area contributed by atoms with Gasteiger partial charge in [-0.25, -0.2) is 4.98 Å². The second kappa shape index (κ2) is 6.68. The Hall–Kier alpha value is -1.65. The van der Waals surface area contributed by atoms with Gasteiger partial charge >= 0.3 is 0 Å². The third-order valence-corrected chi connectivity index (χ3v) is 3.66. The summed E-state index contributed by atoms with van der Waals surface area (Å²) in [6.07, 6.45) is 5.49. The molecule has 108 valence electrons. The van der Waals surface area contributed by atoms with E-state index >= 15 is 0 Å². The Labute approximate surface area is 120 Å². The number of hydrogen-bond acceptors (Lipinski definition) is 3. The zero-order chi connectivity index (χ0) is 14.5. The van der Waals surface area contributed by atoms with Crippen molar-refractivity contribution in [1.29, 1.82) is 0 Å². The third kappa shape index (κ3) is 3.46. The molecular weight excluding hydrogens is 250 g/mol. The van der Waals surface area contributed by atoms with Crippen LogP contribution in [-0.2, 0) is 0 Å². The zero-order valence-electron chi connectivity index (χ0n) is 12.3. The zero-order valence-corrected chi connectivity index (χ0v) is 12.3. The van der Waals surface area contributed by atoms with Gasteiger partial charge in [-0.1, -0.05) is 26.0 Å². The summed E-state index contributed by atoms with van der Waals surface area (Å²) in [5, 5.41) is 12.9. The number of aromatic nitrogens is 2. The van der Waals surface area contributed by atoms with Crippen LogP contribution in [0.3, 0.4) is 0 Å². The van der Waals surface area contributed by atoms with Gasteiger partial charge in [0.1, 0.15) is 0 Å². The molecule has 0 aliphatic carbocycles. The van der Waals surface area contributed by atoms with Crippen LogP contribution in [0, 0.1) is 5.92 Å². The fraction of sp³-hybridized carbons (Fsp3) is 0.438. The molecule has 2 rings (SSSR count). The first-order valence-corrected chi connectivity index (χ1v) is 7.07. The predicted molar refractivity (Wildman–Crippen MR) is 80.8 cm³/mol. The Kier molecular flexibility index (Phi) is 4.93. The van der Waals surface area contributed by atoms with E-state index in [0.29, 0.717) is 5.92 Å². The Morgan fingerprint density at radius 2 is 1.90 bits per heavy atom. The second-order valence-electron chi connectivity index (χ2n) is 5.48. The Bertz CT molecular complexity index is 505. The van der Waals surface area contributed by atoms with Crippen LogP contribution in [0.5, 0.6) is 0 Å². The number of hydrogen-bond donors (Lipinski definition) is 2. The summed E-state index contributed by atoms with van der Waals surface area (Å²) in [6.45, 7) is 6.51. The first-order chi connectivity index (χ1) is 9.61. The summed E-state index contributed by atoms with van der Waals surface area (Å²) in [4.78, 5) is 4.05. The minimum absolute atomic E-state index is 0.123. The van der Waals surface area contributed by atoms with Crippen LogP contribution in [0.25, 0.3) is 5.69 Å². The molecule has 0 saturated heterocycles. The van der Waals surface area contributed by atoms with E-state index in [9.17, 15) is 5.11 Å². The van der Waals surface area contributed by atoms with E-state index in [4.69, 9.17) is 0 Å². The van der Waals surface area contributed by atoms with Gasteiger partial charge in [-0.3, -0.25) is 0 Å². The maximum Gasteiger partial charge on any atom is 0.0991 e. The van der Waals surface area contributed by atoms with E-state index in [0.717, 1.165) is 5.69 Å². The maximum absolute atomic E-state index is 9.39. The molecule has 2 N–H and O–H groups in total. The number of aliphatic hydroxyl groups is 1. The number of aliphatic hydroxyl groups excluding tert-OH is 1. The lowest BCUT2D eigenvalue weighted by Gasteiger charge is -2.25. The largest absolute Gasteiger partial charge is 0.395 e. The molecule has 0 aliphatic rings. The van der Waals surface area contributed by atoms with E-state index in [-0.39, 0.29) is 18.7 Å². The average Bonchev–Trinajstić information content (AvgIpc) is 2.98. The molecule has 1 aromatic heterocycles. The summed E-state index contributed by atoms with van der Waals surface area (Å²) in [7, 11) is 0. The quantitative estimate of drug-likeness (QED) is 0.850. The predicted octanol–water partition coefficient (Wildman–Crippen LogP) is 2.54. The number of benzene rings is 1. The van der Waals surface area contributed by atoms with Gasteiger partial charge in [-0.05, 0) is 30.5 Å². The first kappa shape index (κ1) is 14.8. The molecule has 1 heterocycles. The summed E-state index contributed by atoms with van der Waals surface area (Å²) in [6, 6.07) is 8.73. The molecule has 0 fully saturated rings. The van der Waals surface area contributed by atoms with Gasteiger partial charge in [-0.2, -0.15) is 0 Å². The molecule has 2 atom stereocenters.